The van der Waals surface area contributed by atoms with E-state index < -0.39 is 6.09 Å². The Bertz CT molecular complexity index is 1370. The first-order valence-corrected chi connectivity index (χ1v) is 11.4. The molecule has 1 aliphatic rings. The summed E-state index contributed by atoms with van der Waals surface area (Å²) in [6.45, 7) is 2.64. The number of aryl methyl sites for hydroxylation is 1. The maximum absolute atomic E-state index is 11.6. The number of aromatic nitrogens is 4. The van der Waals surface area contributed by atoms with Gasteiger partial charge in [-0.3, -0.25) is 0 Å². The maximum Gasteiger partial charge on any atom is 0.407 e. The average molecular weight is 471 g/mol. The van der Waals surface area contributed by atoms with Gasteiger partial charge in [0.15, 0.2) is 0 Å². The van der Waals surface area contributed by atoms with Gasteiger partial charge in [-0.15, -0.1) is 0 Å². The molecule has 0 radical (unpaired) electrons. The van der Waals surface area contributed by atoms with E-state index in [1.165, 1.54) is 4.90 Å². The highest BCUT2D eigenvalue weighted by atomic mass is 16.5. The zero-order valence-electron chi connectivity index (χ0n) is 19.6. The van der Waals surface area contributed by atoms with Gasteiger partial charge >= 0.3 is 6.09 Å². The number of amides is 1. The predicted octanol–water partition coefficient (Wildman–Crippen LogP) is 4.35. The van der Waals surface area contributed by atoms with Crippen LogP contribution >= 0.6 is 0 Å². The summed E-state index contributed by atoms with van der Waals surface area (Å²) in [5, 5.41) is 12.8. The lowest BCUT2D eigenvalue weighted by Gasteiger charge is -2.27. The Morgan fingerprint density at radius 1 is 1.17 bits per heavy atom. The molecule has 0 aliphatic carbocycles. The predicted molar refractivity (Wildman–Crippen MR) is 132 cm³/mol. The lowest BCUT2D eigenvalue weighted by Crippen LogP contribution is -2.36. The molecule has 0 bridgehead atoms. The van der Waals surface area contributed by atoms with E-state index >= 15 is 0 Å². The molecule has 9 heteroatoms. The number of carboxylic acid groups (broad SMARTS) is 1. The number of anilines is 2. The van der Waals surface area contributed by atoms with Crippen LogP contribution in [-0.2, 0) is 19.4 Å². The smallest absolute Gasteiger partial charge is 0.407 e. The molecule has 35 heavy (non-hydrogen) atoms. The molecule has 2 aromatic carbocycles. The van der Waals surface area contributed by atoms with Crippen LogP contribution in [0.25, 0.3) is 5.69 Å². The summed E-state index contributed by atoms with van der Waals surface area (Å²) in [7, 11) is 1.63. The fourth-order valence-corrected chi connectivity index (χ4v) is 4.29. The Kier molecular flexibility index (Phi) is 6.05. The summed E-state index contributed by atoms with van der Waals surface area (Å²) < 4.78 is 7.54. The standard InChI is InChI=1S/C26H26N6O3/c1-17-14-32(16-27-17)23-9-8-19(13-24(23)35-2)28-25-29-21-10-11-31(26(33)34)15-20(21)22(30-25)12-18-6-4-3-5-7-18/h3-9,13-14,16H,10-12,15H2,1-2H3,(H,33,34)(H,28,29,30). The van der Waals surface area contributed by atoms with Crippen molar-refractivity contribution in [1.29, 1.82) is 0 Å². The van der Waals surface area contributed by atoms with Crippen LogP contribution in [0.4, 0.5) is 16.4 Å². The lowest BCUT2D eigenvalue weighted by atomic mass is 9.99. The lowest BCUT2D eigenvalue weighted by molar-refractivity contribution is 0.139. The molecule has 178 valence electrons. The number of ether oxygens (including phenoxy) is 1. The van der Waals surface area contributed by atoms with E-state index in [-0.39, 0.29) is 0 Å². The van der Waals surface area contributed by atoms with Gasteiger partial charge in [0.2, 0.25) is 5.95 Å². The van der Waals surface area contributed by atoms with E-state index in [1.807, 2.05) is 66.2 Å². The SMILES string of the molecule is COc1cc(Nc2nc3c(c(Cc4ccccc4)n2)CN(C(=O)O)CC3)ccc1-n1cnc(C)c1. The normalized spacial score (nSPS) is 12.8. The van der Waals surface area contributed by atoms with E-state index in [4.69, 9.17) is 14.7 Å². The third kappa shape index (κ3) is 4.79. The van der Waals surface area contributed by atoms with Gasteiger partial charge in [0.1, 0.15) is 5.75 Å². The summed E-state index contributed by atoms with van der Waals surface area (Å²) in [5.74, 6) is 1.17. The van der Waals surface area contributed by atoms with Crippen LogP contribution in [0.5, 0.6) is 5.75 Å². The second-order valence-corrected chi connectivity index (χ2v) is 8.47. The van der Waals surface area contributed by atoms with Gasteiger partial charge in [-0.05, 0) is 24.6 Å². The Labute approximate surface area is 203 Å². The third-order valence-electron chi connectivity index (χ3n) is 6.06. The van der Waals surface area contributed by atoms with Gasteiger partial charge < -0.3 is 24.6 Å². The number of hydrogen-bond donors (Lipinski definition) is 2. The number of carbonyl (C=O) groups is 1. The molecule has 0 saturated carbocycles. The van der Waals surface area contributed by atoms with Crippen molar-refractivity contribution in [2.75, 3.05) is 19.0 Å². The summed E-state index contributed by atoms with van der Waals surface area (Å²) in [6.07, 6.45) is 3.90. The van der Waals surface area contributed by atoms with Crippen LogP contribution in [0, 0.1) is 6.92 Å². The molecule has 3 heterocycles. The molecule has 1 amide bonds. The van der Waals surface area contributed by atoms with Crippen LogP contribution in [0.3, 0.4) is 0 Å². The maximum atomic E-state index is 11.6. The van der Waals surface area contributed by atoms with Gasteiger partial charge in [-0.2, -0.15) is 0 Å². The molecule has 2 N–H and O–H groups in total. The van der Waals surface area contributed by atoms with Crippen LogP contribution in [-0.4, -0.2) is 49.3 Å². The van der Waals surface area contributed by atoms with Crippen molar-refractivity contribution < 1.29 is 14.6 Å². The molecule has 0 saturated heterocycles. The van der Waals surface area contributed by atoms with Crippen molar-refractivity contribution in [1.82, 2.24) is 24.4 Å². The highest BCUT2D eigenvalue weighted by Gasteiger charge is 2.25. The largest absolute Gasteiger partial charge is 0.494 e. The summed E-state index contributed by atoms with van der Waals surface area (Å²) in [4.78, 5) is 26.8. The first-order valence-electron chi connectivity index (χ1n) is 11.4. The van der Waals surface area contributed by atoms with E-state index in [0.29, 0.717) is 37.6 Å². The number of fused-ring (bicyclic) bond motifs is 1. The highest BCUT2D eigenvalue weighted by molar-refractivity contribution is 5.66. The minimum absolute atomic E-state index is 0.292. The monoisotopic (exact) mass is 470 g/mol. The van der Waals surface area contributed by atoms with Crippen molar-refractivity contribution >= 4 is 17.7 Å². The van der Waals surface area contributed by atoms with Crippen LogP contribution in [0.15, 0.2) is 61.1 Å². The van der Waals surface area contributed by atoms with Crippen molar-refractivity contribution in [2.24, 2.45) is 0 Å². The number of rotatable bonds is 6. The van der Waals surface area contributed by atoms with Crippen LogP contribution < -0.4 is 10.1 Å². The van der Waals surface area contributed by atoms with Crippen molar-refractivity contribution in [3.63, 3.8) is 0 Å². The second kappa shape index (κ2) is 9.46. The van der Waals surface area contributed by atoms with E-state index in [9.17, 15) is 9.90 Å². The average Bonchev–Trinajstić information content (AvgIpc) is 3.30. The molecule has 5 rings (SSSR count). The topological polar surface area (TPSA) is 105 Å². The highest BCUT2D eigenvalue weighted by Crippen LogP contribution is 2.29. The Hall–Kier alpha value is -4.40. The quantitative estimate of drug-likeness (QED) is 0.432. The second-order valence-electron chi connectivity index (χ2n) is 8.47. The molecule has 0 spiro atoms. The number of hydrogen-bond acceptors (Lipinski definition) is 6. The van der Waals surface area contributed by atoms with Crippen molar-refractivity contribution in [2.45, 2.75) is 26.3 Å². The number of imidazole rings is 1. The van der Waals surface area contributed by atoms with Gasteiger partial charge in [0.05, 0.1) is 42.8 Å². The Morgan fingerprint density at radius 3 is 2.71 bits per heavy atom. The number of benzene rings is 2. The zero-order chi connectivity index (χ0) is 24.4. The Morgan fingerprint density at radius 2 is 2.00 bits per heavy atom. The molecule has 2 aromatic heterocycles. The number of nitrogens with zero attached hydrogens (tertiary/aromatic N) is 5. The van der Waals surface area contributed by atoms with Crippen molar-refractivity contribution in [3.8, 4) is 11.4 Å². The van der Waals surface area contributed by atoms with Gasteiger partial charge in [0, 0.05) is 42.9 Å². The summed E-state index contributed by atoms with van der Waals surface area (Å²) >= 11 is 0. The van der Waals surface area contributed by atoms with Gasteiger partial charge in [-0.1, -0.05) is 30.3 Å². The molecular weight excluding hydrogens is 444 g/mol. The zero-order valence-corrected chi connectivity index (χ0v) is 19.6. The third-order valence-corrected chi connectivity index (χ3v) is 6.06. The minimum atomic E-state index is -0.927. The molecule has 0 unspecified atom stereocenters. The molecular formula is C26H26N6O3. The molecule has 0 fully saturated rings. The first kappa shape index (κ1) is 22.4. The molecule has 1 aliphatic heterocycles. The number of methoxy groups -OCH3 is 1. The fourth-order valence-electron chi connectivity index (χ4n) is 4.29. The fraction of sp³-hybridized carbons (Fsp3) is 0.231. The Balaban J connectivity index is 1.48. The van der Waals surface area contributed by atoms with Crippen molar-refractivity contribution in [3.05, 3.63) is 89.3 Å². The summed E-state index contributed by atoms with van der Waals surface area (Å²) in [5.41, 5.74) is 6.28. The summed E-state index contributed by atoms with van der Waals surface area (Å²) in [6, 6.07) is 15.8. The van der Waals surface area contributed by atoms with E-state index in [0.717, 1.165) is 39.6 Å². The molecule has 4 aromatic rings. The van der Waals surface area contributed by atoms with E-state index in [1.54, 1.807) is 13.4 Å². The molecule has 9 nitrogen and oxygen atoms in total. The molecule has 0 atom stereocenters. The van der Waals surface area contributed by atoms with Crippen LogP contribution in [0.1, 0.15) is 28.2 Å². The van der Waals surface area contributed by atoms with E-state index in [2.05, 4.69) is 10.3 Å². The van der Waals surface area contributed by atoms with Gasteiger partial charge in [0.25, 0.3) is 0 Å². The minimum Gasteiger partial charge on any atom is -0.494 e. The first-order chi connectivity index (χ1) is 17.0. The van der Waals surface area contributed by atoms with Gasteiger partial charge in [-0.25, -0.2) is 19.7 Å². The van der Waals surface area contributed by atoms with Crippen LogP contribution in [0.2, 0.25) is 0 Å². The number of nitrogens with one attached hydrogen (secondary N) is 1.